The first-order valence-corrected chi connectivity index (χ1v) is 3.99. The highest BCUT2D eigenvalue weighted by atomic mass is 16.4. The zero-order valence-electron chi connectivity index (χ0n) is 7.07. The zero-order chi connectivity index (χ0) is 8.81. The van der Waals surface area contributed by atoms with Crippen LogP contribution in [-0.2, 0) is 0 Å². The Balaban J connectivity index is 2.82. The highest BCUT2D eigenvalue weighted by molar-refractivity contribution is 5.99. The Hall–Kier alpha value is -1.38. The molecule has 0 aromatic carbocycles. The van der Waals surface area contributed by atoms with E-state index in [0.29, 0.717) is 5.71 Å². The molecule has 0 radical (unpaired) electrons. The molecule has 1 aromatic heterocycles. The van der Waals surface area contributed by atoms with Gasteiger partial charge in [0.05, 0.1) is 5.71 Å². The van der Waals surface area contributed by atoms with Crippen molar-refractivity contribution < 1.29 is 5.21 Å². The van der Waals surface area contributed by atoms with E-state index >= 15 is 0 Å². The summed E-state index contributed by atoms with van der Waals surface area (Å²) in [6, 6.07) is 3.72. The highest BCUT2D eigenvalue weighted by Crippen LogP contribution is 2.03. The van der Waals surface area contributed by atoms with E-state index in [4.69, 9.17) is 5.21 Å². The quantitative estimate of drug-likeness (QED) is 0.422. The average Bonchev–Trinajstić information content (AvgIpc) is 2.15. The van der Waals surface area contributed by atoms with Crippen LogP contribution in [0.1, 0.15) is 25.3 Å². The average molecular weight is 164 g/mol. The Labute approximate surface area is 71.8 Å². The lowest BCUT2D eigenvalue weighted by molar-refractivity contribution is 0.318. The number of pyridine rings is 1. The molecule has 1 N–H and O–H groups in total. The molecule has 0 atom stereocenters. The van der Waals surface area contributed by atoms with Gasteiger partial charge in [0.1, 0.15) is 0 Å². The summed E-state index contributed by atoms with van der Waals surface area (Å²) >= 11 is 0. The van der Waals surface area contributed by atoms with E-state index < -0.39 is 0 Å². The number of oxime groups is 1. The molecule has 1 aromatic rings. The third kappa shape index (κ3) is 2.05. The molecule has 0 spiro atoms. The third-order valence-electron chi connectivity index (χ3n) is 1.60. The van der Waals surface area contributed by atoms with Crippen LogP contribution < -0.4 is 0 Å². The second kappa shape index (κ2) is 4.49. The Kier molecular flexibility index (Phi) is 3.26. The van der Waals surface area contributed by atoms with Gasteiger partial charge in [0.15, 0.2) is 0 Å². The molecule has 0 unspecified atom stereocenters. The fourth-order valence-electron chi connectivity index (χ4n) is 1.02. The van der Waals surface area contributed by atoms with Gasteiger partial charge in [0, 0.05) is 18.0 Å². The Morgan fingerprint density at radius 1 is 1.67 bits per heavy atom. The molecule has 3 heteroatoms. The fourth-order valence-corrected chi connectivity index (χ4v) is 1.02. The third-order valence-corrected chi connectivity index (χ3v) is 1.60. The van der Waals surface area contributed by atoms with E-state index in [9.17, 15) is 0 Å². The van der Waals surface area contributed by atoms with Crippen LogP contribution in [0.2, 0.25) is 0 Å². The van der Waals surface area contributed by atoms with Crippen molar-refractivity contribution in [1.82, 2.24) is 4.98 Å². The van der Waals surface area contributed by atoms with Crippen LogP contribution in [0.5, 0.6) is 0 Å². The van der Waals surface area contributed by atoms with Gasteiger partial charge in [-0.25, -0.2) is 0 Å². The molecule has 0 aliphatic carbocycles. The summed E-state index contributed by atoms with van der Waals surface area (Å²) in [6.45, 7) is 2.04. The molecule has 0 amide bonds. The molecule has 1 rings (SSSR count). The summed E-state index contributed by atoms with van der Waals surface area (Å²) in [5.74, 6) is 0. The second-order valence-corrected chi connectivity index (χ2v) is 2.54. The number of hydrogen-bond donors (Lipinski definition) is 1. The Morgan fingerprint density at radius 3 is 3.00 bits per heavy atom. The molecule has 0 aliphatic heterocycles. The standard InChI is InChI=1S/C9H12N2O/c1-2-4-9(11-12)8-5-3-6-10-7-8/h3,5-7,12H,2,4H2,1H3. The minimum Gasteiger partial charge on any atom is -0.411 e. The number of rotatable bonds is 3. The van der Waals surface area contributed by atoms with Gasteiger partial charge in [-0.05, 0) is 18.6 Å². The van der Waals surface area contributed by atoms with Crippen LogP contribution in [0, 0.1) is 0 Å². The molecule has 12 heavy (non-hydrogen) atoms. The van der Waals surface area contributed by atoms with Crippen molar-refractivity contribution in [1.29, 1.82) is 0 Å². The van der Waals surface area contributed by atoms with Crippen LogP contribution in [0.4, 0.5) is 0 Å². The molecule has 3 nitrogen and oxygen atoms in total. The van der Waals surface area contributed by atoms with Crippen molar-refractivity contribution in [3.63, 3.8) is 0 Å². The number of aromatic nitrogens is 1. The van der Waals surface area contributed by atoms with Crippen molar-refractivity contribution >= 4 is 5.71 Å². The van der Waals surface area contributed by atoms with E-state index in [1.54, 1.807) is 12.4 Å². The maximum absolute atomic E-state index is 8.67. The summed E-state index contributed by atoms with van der Waals surface area (Å²) in [5.41, 5.74) is 1.59. The van der Waals surface area contributed by atoms with E-state index in [0.717, 1.165) is 18.4 Å². The van der Waals surface area contributed by atoms with Gasteiger partial charge in [0.2, 0.25) is 0 Å². The van der Waals surface area contributed by atoms with Crippen molar-refractivity contribution in [2.45, 2.75) is 19.8 Å². The van der Waals surface area contributed by atoms with Gasteiger partial charge in [-0.3, -0.25) is 4.98 Å². The van der Waals surface area contributed by atoms with E-state index in [1.165, 1.54) is 0 Å². The number of hydrogen-bond acceptors (Lipinski definition) is 3. The lowest BCUT2D eigenvalue weighted by atomic mass is 10.1. The van der Waals surface area contributed by atoms with Crippen molar-refractivity contribution in [3.8, 4) is 0 Å². The summed E-state index contributed by atoms with van der Waals surface area (Å²) in [7, 11) is 0. The first kappa shape index (κ1) is 8.71. The molecule has 0 fully saturated rings. The molecule has 0 bridgehead atoms. The van der Waals surface area contributed by atoms with E-state index in [-0.39, 0.29) is 0 Å². The van der Waals surface area contributed by atoms with Gasteiger partial charge < -0.3 is 5.21 Å². The van der Waals surface area contributed by atoms with Crippen LogP contribution >= 0.6 is 0 Å². The summed E-state index contributed by atoms with van der Waals surface area (Å²) in [4.78, 5) is 3.94. The normalized spacial score (nSPS) is 11.6. The lowest BCUT2D eigenvalue weighted by Gasteiger charge is -2.00. The maximum atomic E-state index is 8.67. The van der Waals surface area contributed by atoms with Crippen LogP contribution in [0.3, 0.4) is 0 Å². The van der Waals surface area contributed by atoms with Gasteiger partial charge in [-0.2, -0.15) is 0 Å². The van der Waals surface area contributed by atoms with Crippen LogP contribution in [0.15, 0.2) is 29.7 Å². The summed E-state index contributed by atoms with van der Waals surface area (Å²) in [6.07, 6.45) is 5.14. The Morgan fingerprint density at radius 2 is 2.50 bits per heavy atom. The minimum absolute atomic E-state index is 0.700. The predicted octanol–water partition coefficient (Wildman–Crippen LogP) is 2.06. The van der Waals surface area contributed by atoms with Gasteiger partial charge in [0.25, 0.3) is 0 Å². The molecule has 1 heterocycles. The monoisotopic (exact) mass is 164 g/mol. The fraction of sp³-hybridized carbons (Fsp3) is 0.333. The van der Waals surface area contributed by atoms with Crippen molar-refractivity contribution in [2.75, 3.05) is 0 Å². The Bertz CT molecular complexity index is 256. The molecule has 0 saturated carbocycles. The maximum Gasteiger partial charge on any atom is 0.0883 e. The van der Waals surface area contributed by atoms with Gasteiger partial charge >= 0.3 is 0 Å². The molecule has 0 aliphatic rings. The van der Waals surface area contributed by atoms with Crippen molar-refractivity contribution in [2.24, 2.45) is 5.16 Å². The smallest absolute Gasteiger partial charge is 0.0883 e. The molecule has 64 valence electrons. The lowest BCUT2D eigenvalue weighted by Crippen LogP contribution is -2.00. The number of nitrogens with zero attached hydrogens (tertiary/aromatic N) is 2. The topological polar surface area (TPSA) is 45.5 Å². The summed E-state index contributed by atoms with van der Waals surface area (Å²) < 4.78 is 0. The minimum atomic E-state index is 0.700. The zero-order valence-corrected chi connectivity index (χ0v) is 7.07. The van der Waals surface area contributed by atoms with Crippen LogP contribution in [0.25, 0.3) is 0 Å². The van der Waals surface area contributed by atoms with Crippen molar-refractivity contribution in [3.05, 3.63) is 30.1 Å². The van der Waals surface area contributed by atoms with Crippen LogP contribution in [-0.4, -0.2) is 15.9 Å². The highest BCUT2D eigenvalue weighted by Gasteiger charge is 2.01. The SMILES string of the molecule is CCCC(=NO)c1cccnc1. The predicted molar refractivity (Wildman–Crippen MR) is 47.5 cm³/mol. The van der Waals surface area contributed by atoms with E-state index in [1.807, 2.05) is 19.1 Å². The molecular weight excluding hydrogens is 152 g/mol. The first-order chi connectivity index (χ1) is 5.88. The molecule has 0 saturated heterocycles. The molecular formula is C9H12N2O. The van der Waals surface area contributed by atoms with Gasteiger partial charge in [-0.1, -0.05) is 18.5 Å². The second-order valence-electron chi connectivity index (χ2n) is 2.54. The summed E-state index contributed by atoms with van der Waals surface area (Å²) in [5, 5.41) is 11.9. The largest absolute Gasteiger partial charge is 0.411 e. The van der Waals surface area contributed by atoms with E-state index in [2.05, 4.69) is 10.1 Å². The first-order valence-electron chi connectivity index (χ1n) is 3.99. The van der Waals surface area contributed by atoms with Gasteiger partial charge in [-0.15, -0.1) is 0 Å².